The van der Waals surface area contributed by atoms with Gasteiger partial charge < -0.3 is 13.9 Å². The number of hydrogen-bond donors (Lipinski definition) is 0. The summed E-state index contributed by atoms with van der Waals surface area (Å²) in [5.41, 5.74) is 1.61. The van der Waals surface area contributed by atoms with Crippen LogP contribution in [0.4, 0.5) is 0 Å². The number of thioether (sulfide) groups is 1. The largest absolute Gasteiger partial charge is 0.454 e. The van der Waals surface area contributed by atoms with Crippen LogP contribution >= 0.6 is 35.0 Å². The van der Waals surface area contributed by atoms with E-state index < -0.39 is 0 Å². The van der Waals surface area contributed by atoms with Gasteiger partial charge in [0.15, 0.2) is 11.5 Å². The standard InChI is InChI=1S/C16H10Cl2N2O3S/c17-11-2-1-3-12(18)10(11)7-24-16-20-19-15(23-16)9-4-5-13-14(6-9)22-8-21-13/h1-6H,7-8H2. The fraction of sp³-hybridized carbons (Fsp3) is 0.125. The number of nitrogens with zero attached hydrogens (tertiary/aromatic N) is 2. The summed E-state index contributed by atoms with van der Waals surface area (Å²) in [5.74, 6) is 2.34. The fourth-order valence-corrected chi connectivity index (χ4v) is 3.72. The molecule has 1 aliphatic heterocycles. The Morgan fingerprint density at radius 1 is 1.00 bits per heavy atom. The van der Waals surface area contributed by atoms with Gasteiger partial charge in [-0.15, -0.1) is 10.2 Å². The highest BCUT2D eigenvalue weighted by molar-refractivity contribution is 7.98. The highest BCUT2D eigenvalue weighted by Gasteiger charge is 2.17. The molecule has 1 aromatic heterocycles. The third kappa shape index (κ3) is 3.05. The minimum Gasteiger partial charge on any atom is -0.454 e. The Kier molecular flexibility index (Phi) is 4.26. The molecule has 0 N–H and O–H groups in total. The van der Waals surface area contributed by atoms with Gasteiger partial charge in [0.05, 0.1) is 0 Å². The lowest BCUT2D eigenvalue weighted by molar-refractivity contribution is 0.174. The molecule has 5 nitrogen and oxygen atoms in total. The van der Waals surface area contributed by atoms with Gasteiger partial charge in [-0.1, -0.05) is 41.0 Å². The first-order valence-electron chi connectivity index (χ1n) is 7.00. The number of fused-ring (bicyclic) bond motifs is 1. The summed E-state index contributed by atoms with van der Waals surface area (Å²) in [6, 6.07) is 10.9. The summed E-state index contributed by atoms with van der Waals surface area (Å²) in [6.45, 7) is 0.225. The average molecular weight is 381 g/mol. The third-order valence-corrected chi connectivity index (χ3v) is 4.98. The maximum atomic E-state index is 6.16. The minimum absolute atomic E-state index is 0.225. The van der Waals surface area contributed by atoms with Gasteiger partial charge in [0.2, 0.25) is 12.7 Å². The summed E-state index contributed by atoms with van der Waals surface area (Å²) in [7, 11) is 0. The first-order chi connectivity index (χ1) is 11.7. The maximum Gasteiger partial charge on any atom is 0.277 e. The van der Waals surface area contributed by atoms with Crippen molar-refractivity contribution >= 4 is 35.0 Å². The molecule has 0 saturated heterocycles. The monoisotopic (exact) mass is 380 g/mol. The molecule has 0 unspecified atom stereocenters. The zero-order valence-electron chi connectivity index (χ0n) is 12.2. The third-order valence-electron chi connectivity index (χ3n) is 3.43. The summed E-state index contributed by atoms with van der Waals surface area (Å²) < 4.78 is 16.3. The van der Waals surface area contributed by atoms with Gasteiger partial charge in [-0.25, -0.2) is 0 Å². The Balaban J connectivity index is 1.51. The Labute approximate surface area is 151 Å². The molecule has 2 heterocycles. The van der Waals surface area contributed by atoms with Gasteiger partial charge in [0.1, 0.15) is 0 Å². The van der Waals surface area contributed by atoms with Crippen LogP contribution < -0.4 is 9.47 Å². The van der Waals surface area contributed by atoms with Crippen molar-refractivity contribution in [3.63, 3.8) is 0 Å². The lowest BCUT2D eigenvalue weighted by atomic mass is 10.2. The molecule has 0 aliphatic carbocycles. The fourth-order valence-electron chi connectivity index (χ4n) is 2.22. The Morgan fingerprint density at radius 2 is 1.79 bits per heavy atom. The summed E-state index contributed by atoms with van der Waals surface area (Å²) in [5, 5.41) is 9.79. The topological polar surface area (TPSA) is 57.4 Å². The van der Waals surface area contributed by atoms with Crippen molar-refractivity contribution in [3.8, 4) is 23.0 Å². The zero-order chi connectivity index (χ0) is 16.5. The number of benzene rings is 2. The van der Waals surface area contributed by atoms with Crippen molar-refractivity contribution in [1.82, 2.24) is 10.2 Å². The van der Waals surface area contributed by atoms with E-state index in [2.05, 4.69) is 10.2 Å². The predicted octanol–water partition coefficient (Wildman–Crippen LogP) is 5.06. The molecule has 0 atom stereocenters. The van der Waals surface area contributed by atoms with E-state index >= 15 is 0 Å². The van der Waals surface area contributed by atoms with Gasteiger partial charge in [-0.05, 0) is 35.9 Å². The SMILES string of the molecule is Clc1cccc(Cl)c1CSc1nnc(-c2ccc3c(c2)OCO3)o1. The Bertz CT molecular complexity index is 881. The van der Waals surface area contributed by atoms with Crippen LogP contribution in [-0.2, 0) is 5.75 Å². The van der Waals surface area contributed by atoms with Gasteiger partial charge in [-0.3, -0.25) is 0 Å². The molecule has 122 valence electrons. The molecule has 4 rings (SSSR count). The van der Waals surface area contributed by atoms with E-state index in [1.54, 1.807) is 12.1 Å². The number of aromatic nitrogens is 2. The lowest BCUT2D eigenvalue weighted by Crippen LogP contribution is -1.92. The Morgan fingerprint density at radius 3 is 2.62 bits per heavy atom. The number of rotatable bonds is 4. The van der Waals surface area contributed by atoms with Crippen LogP contribution in [0.3, 0.4) is 0 Å². The highest BCUT2D eigenvalue weighted by Crippen LogP contribution is 2.36. The minimum atomic E-state index is 0.225. The number of ether oxygens (including phenoxy) is 2. The van der Waals surface area contributed by atoms with Crippen LogP contribution in [0, 0.1) is 0 Å². The average Bonchev–Trinajstić information content (AvgIpc) is 3.22. The quantitative estimate of drug-likeness (QED) is 0.589. The molecule has 0 amide bonds. The molecule has 3 aromatic rings. The molecule has 24 heavy (non-hydrogen) atoms. The van der Waals surface area contributed by atoms with E-state index in [1.807, 2.05) is 24.3 Å². The van der Waals surface area contributed by atoms with Crippen LogP contribution in [0.25, 0.3) is 11.5 Å². The number of halogens is 2. The van der Waals surface area contributed by atoms with E-state index in [4.69, 9.17) is 37.1 Å². The first-order valence-corrected chi connectivity index (χ1v) is 8.74. The van der Waals surface area contributed by atoms with Crippen molar-refractivity contribution in [2.75, 3.05) is 6.79 Å². The second-order valence-electron chi connectivity index (χ2n) is 4.93. The van der Waals surface area contributed by atoms with Gasteiger partial charge in [0.25, 0.3) is 5.22 Å². The molecule has 1 aliphatic rings. The highest BCUT2D eigenvalue weighted by atomic mass is 35.5. The normalized spacial score (nSPS) is 12.6. The molecule has 0 fully saturated rings. The van der Waals surface area contributed by atoms with Crippen molar-refractivity contribution in [2.24, 2.45) is 0 Å². The lowest BCUT2D eigenvalue weighted by Gasteiger charge is -2.04. The molecule has 2 aromatic carbocycles. The molecular formula is C16H10Cl2N2O3S. The molecular weight excluding hydrogens is 371 g/mol. The molecule has 8 heteroatoms. The van der Waals surface area contributed by atoms with Gasteiger partial charge in [0, 0.05) is 21.4 Å². The first kappa shape index (κ1) is 15.6. The zero-order valence-corrected chi connectivity index (χ0v) is 14.5. The van der Waals surface area contributed by atoms with Crippen LogP contribution in [0.1, 0.15) is 5.56 Å². The number of hydrogen-bond acceptors (Lipinski definition) is 6. The second-order valence-corrected chi connectivity index (χ2v) is 6.67. The van der Waals surface area contributed by atoms with E-state index in [1.165, 1.54) is 11.8 Å². The van der Waals surface area contributed by atoms with Crippen LogP contribution in [0.15, 0.2) is 46.0 Å². The van der Waals surface area contributed by atoms with E-state index in [0.717, 1.165) is 11.1 Å². The van der Waals surface area contributed by atoms with Crippen molar-refractivity contribution in [2.45, 2.75) is 11.0 Å². The molecule has 0 spiro atoms. The van der Waals surface area contributed by atoms with E-state index in [-0.39, 0.29) is 6.79 Å². The Hall–Kier alpha value is -1.89. The van der Waals surface area contributed by atoms with Crippen molar-refractivity contribution < 1.29 is 13.9 Å². The van der Waals surface area contributed by atoms with Crippen LogP contribution in [0.2, 0.25) is 10.0 Å². The second kappa shape index (κ2) is 6.55. The molecule has 0 saturated carbocycles. The summed E-state index contributed by atoms with van der Waals surface area (Å²) in [4.78, 5) is 0. The molecule has 0 bridgehead atoms. The molecule has 0 radical (unpaired) electrons. The summed E-state index contributed by atoms with van der Waals surface area (Å²) >= 11 is 13.7. The van der Waals surface area contributed by atoms with Crippen molar-refractivity contribution in [1.29, 1.82) is 0 Å². The van der Waals surface area contributed by atoms with Crippen LogP contribution in [-0.4, -0.2) is 17.0 Å². The summed E-state index contributed by atoms with van der Waals surface area (Å²) in [6.07, 6.45) is 0. The maximum absolute atomic E-state index is 6.16. The van der Waals surface area contributed by atoms with Gasteiger partial charge >= 0.3 is 0 Å². The smallest absolute Gasteiger partial charge is 0.277 e. The van der Waals surface area contributed by atoms with E-state index in [0.29, 0.717) is 38.4 Å². The predicted molar refractivity (Wildman–Crippen MR) is 91.9 cm³/mol. The van der Waals surface area contributed by atoms with E-state index in [9.17, 15) is 0 Å². The van der Waals surface area contributed by atoms with Crippen LogP contribution in [0.5, 0.6) is 11.5 Å². The van der Waals surface area contributed by atoms with Crippen molar-refractivity contribution in [3.05, 3.63) is 52.0 Å². The van der Waals surface area contributed by atoms with Gasteiger partial charge in [-0.2, -0.15) is 0 Å².